The Morgan fingerprint density at radius 3 is 2.48 bits per heavy atom. The quantitative estimate of drug-likeness (QED) is 0.556. The summed E-state index contributed by atoms with van der Waals surface area (Å²) in [6.07, 6.45) is 0.647. The summed E-state index contributed by atoms with van der Waals surface area (Å²) in [6.45, 7) is 1.75. The number of anilines is 1. The molecule has 10 heteroatoms. The van der Waals surface area contributed by atoms with Gasteiger partial charge in [0, 0.05) is 17.1 Å². The van der Waals surface area contributed by atoms with Crippen LogP contribution in [0.5, 0.6) is 11.5 Å². The van der Waals surface area contributed by atoms with Crippen LogP contribution in [0.1, 0.15) is 23.7 Å². The molecular formula is C21H23Cl2N3O5. The van der Waals surface area contributed by atoms with Crippen LogP contribution in [0.15, 0.2) is 36.4 Å². The maximum atomic E-state index is 13.0. The van der Waals surface area contributed by atoms with Gasteiger partial charge in [0.25, 0.3) is 11.8 Å². The summed E-state index contributed by atoms with van der Waals surface area (Å²) >= 11 is 12.0. The van der Waals surface area contributed by atoms with E-state index in [-0.39, 0.29) is 30.6 Å². The molecule has 0 aliphatic heterocycles. The molecule has 0 radical (unpaired) electrons. The number of primary amides is 1. The van der Waals surface area contributed by atoms with Crippen molar-refractivity contribution >= 4 is 46.6 Å². The number of rotatable bonds is 10. The maximum absolute atomic E-state index is 13.0. The largest absolute Gasteiger partial charge is 0.493 e. The Balaban J connectivity index is 2.16. The van der Waals surface area contributed by atoms with Gasteiger partial charge < -0.3 is 25.4 Å². The summed E-state index contributed by atoms with van der Waals surface area (Å²) in [5, 5.41) is 3.43. The van der Waals surface area contributed by atoms with Crippen molar-refractivity contribution in [2.24, 2.45) is 5.73 Å². The highest BCUT2D eigenvalue weighted by Crippen LogP contribution is 2.29. The van der Waals surface area contributed by atoms with Crippen LogP contribution in [0.25, 0.3) is 0 Å². The van der Waals surface area contributed by atoms with Crippen LogP contribution in [0.4, 0.5) is 5.69 Å². The Kier molecular flexibility index (Phi) is 8.96. The van der Waals surface area contributed by atoms with Gasteiger partial charge in [-0.15, -0.1) is 0 Å². The van der Waals surface area contributed by atoms with Crippen LogP contribution in [0, 0.1) is 0 Å². The molecule has 31 heavy (non-hydrogen) atoms. The molecule has 0 aliphatic carbocycles. The highest BCUT2D eigenvalue weighted by Gasteiger charge is 2.20. The zero-order chi connectivity index (χ0) is 23.0. The predicted octanol–water partition coefficient (Wildman–Crippen LogP) is 3.36. The van der Waals surface area contributed by atoms with Gasteiger partial charge in [0.1, 0.15) is 6.54 Å². The molecule has 0 unspecified atom stereocenters. The molecule has 0 saturated heterocycles. The van der Waals surface area contributed by atoms with Crippen molar-refractivity contribution < 1.29 is 23.9 Å². The van der Waals surface area contributed by atoms with Gasteiger partial charge in [-0.25, -0.2) is 0 Å². The first-order valence-corrected chi connectivity index (χ1v) is 10.1. The van der Waals surface area contributed by atoms with Crippen LogP contribution in [-0.4, -0.2) is 49.4 Å². The van der Waals surface area contributed by atoms with Crippen molar-refractivity contribution in [3.05, 3.63) is 52.0 Å². The second kappa shape index (κ2) is 11.4. The Labute approximate surface area is 190 Å². The van der Waals surface area contributed by atoms with Gasteiger partial charge in [0.15, 0.2) is 18.1 Å². The molecule has 0 bridgehead atoms. The van der Waals surface area contributed by atoms with Gasteiger partial charge in [0.2, 0.25) is 5.91 Å². The van der Waals surface area contributed by atoms with Gasteiger partial charge in [-0.1, -0.05) is 30.1 Å². The number of hydrogen-bond acceptors (Lipinski definition) is 5. The Bertz CT molecular complexity index is 968. The van der Waals surface area contributed by atoms with E-state index in [1.807, 2.05) is 6.92 Å². The molecule has 3 amide bonds. The van der Waals surface area contributed by atoms with Crippen molar-refractivity contribution in [1.29, 1.82) is 0 Å². The fraction of sp³-hybridized carbons (Fsp3) is 0.286. The highest BCUT2D eigenvalue weighted by atomic mass is 35.5. The molecule has 2 aromatic carbocycles. The van der Waals surface area contributed by atoms with Crippen LogP contribution in [-0.2, 0) is 9.59 Å². The zero-order valence-corrected chi connectivity index (χ0v) is 18.6. The Morgan fingerprint density at radius 2 is 1.84 bits per heavy atom. The van der Waals surface area contributed by atoms with Crippen molar-refractivity contribution in [2.45, 2.75) is 13.3 Å². The lowest BCUT2D eigenvalue weighted by atomic mass is 10.1. The number of nitrogens with one attached hydrogen (secondary N) is 1. The minimum Gasteiger partial charge on any atom is -0.493 e. The molecule has 8 nitrogen and oxygen atoms in total. The SMILES string of the molecule is CCCN(CC(=O)Nc1cc(Cl)ccc1Cl)C(=O)c1ccc(OCC(N)=O)c(OC)c1. The summed E-state index contributed by atoms with van der Waals surface area (Å²) in [5.41, 5.74) is 5.74. The molecule has 0 aromatic heterocycles. The molecule has 166 valence electrons. The third kappa shape index (κ3) is 7.04. The lowest BCUT2D eigenvalue weighted by Gasteiger charge is -2.22. The lowest BCUT2D eigenvalue weighted by Crippen LogP contribution is -2.38. The average molecular weight is 468 g/mol. The number of nitrogens with two attached hydrogens (primary N) is 1. The smallest absolute Gasteiger partial charge is 0.255 e. The first kappa shape index (κ1) is 24.3. The predicted molar refractivity (Wildman–Crippen MR) is 119 cm³/mol. The Morgan fingerprint density at radius 1 is 1.10 bits per heavy atom. The summed E-state index contributed by atoms with van der Waals surface area (Å²) in [5.74, 6) is -0.887. The monoisotopic (exact) mass is 467 g/mol. The zero-order valence-electron chi connectivity index (χ0n) is 17.1. The molecule has 0 fully saturated rings. The van der Waals surface area contributed by atoms with E-state index in [0.29, 0.717) is 34.3 Å². The van der Waals surface area contributed by atoms with Crippen LogP contribution >= 0.6 is 23.2 Å². The van der Waals surface area contributed by atoms with Gasteiger partial charge in [-0.05, 0) is 42.8 Å². The topological polar surface area (TPSA) is 111 Å². The summed E-state index contributed by atoms with van der Waals surface area (Å²) in [4.78, 5) is 37.9. The lowest BCUT2D eigenvalue weighted by molar-refractivity contribution is -0.120. The van der Waals surface area contributed by atoms with Gasteiger partial charge in [-0.3, -0.25) is 14.4 Å². The van der Waals surface area contributed by atoms with E-state index >= 15 is 0 Å². The number of benzene rings is 2. The maximum Gasteiger partial charge on any atom is 0.255 e. The number of methoxy groups -OCH3 is 1. The molecule has 2 rings (SSSR count). The van der Waals surface area contributed by atoms with E-state index in [9.17, 15) is 14.4 Å². The van der Waals surface area contributed by atoms with Gasteiger partial charge in [0.05, 0.1) is 17.8 Å². The van der Waals surface area contributed by atoms with E-state index in [1.54, 1.807) is 12.1 Å². The number of hydrogen-bond donors (Lipinski definition) is 2. The fourth-order valence-corrected chi connectivity index (χ4v) is 3.07. The van der Waals surface area contributed by atoms with E-state index in [4.69, 9.17) is 38.4 Å². The third-order valence-electron chi connectivity index (χ3n) is 4.10. The van der Waals surface area contributed by atoms with Gasteiger partial charge in [-0.2, -0.15) is 0 Å². The number of nitrogens with zero attached hydrogens (tertiary/aromatic N) is 1. The second-order valence-corrected chi connectivity index (χ2v) is 7.36. The standard InChI is InChI=1S/C21H23Cl2N3O5/c1-3-8-26(11-20(28)25-16-10-14(22)5-6-15(16)23)21(29)13-4-7-17(18(9-13)30-2)31-12-19(24)27/h4-7,9-10H,3,8,11-12H2,1-2H3,(H2,24,27)(H,25,28). The van der Waals surface area contributed by atoms with E-state index in [1.165, 1.54) is 36.3 Å². The second-order valence-electron chi connectivity index (χ2n) is 6.52. The van der Waals surface area contributed by atoms with Crippen molar-refractivity contribution in [1.82, 2.24) is 4.90 Å². The molecule has 0 atom stereocenters. The average Bonchev–Trinajstić information content (AvgIpc) is 2.73. The first-order valence-electron chi connectivity index (χ1n) is 9.38. The number of amides is 3. The van der Waals surface area contributed by atoms with Crippen LogP contribution in [0.3, 0.4) is 0 Å². The number of carbonyl (C=O) groups is 3. The number of halogens is 2. The highest BCUT2D eigenvalue weighted by molar-refractivity contribution is 6.35. The summed E-state index contributed by atoms with van der Waals surface area (Å²) in [6, 6.07) is 9.22. The summed E-state index contributed by atoms with van der Waals surface area (Å²) < 4.78 is 10.5. The summed E-state index contributed by atoms with van der Waals surface area (Å²) in [7, 11) is 1.41. The van der Waals surface area contributed by atoms with Crippen molar-refractivity contribution in [3.63, 3.8) is 0 Å². The van der Waals surface area contributed by atoms with Gasteiger partial charge >= 0.3 is 0 Å². The molecule has 2 aromatic rings. The van der Waals surface area contributed by atoms with Crippen molar-refractivity contribution in [2.75, 3.05) is 32.1 Å². The molecule has 0 aliphatic rings. The van der Waals surface area contributed by atoms with E-state index < -0.39 is 11.8 Å². The number of ether oxygens (including phenoxy) is 2. The molecule has 0 saturated carbocycles. The van der Waals surface area contributed by atoms with E-state index in [2.05, 4.69) is 5.32 Å². The molecule has 3 N–H and O–H groups in total. The minimum absolute atomic E-state index is 0.183. The normalized spacial score (nSPS) is 10.3. The third-order valence-corrected chi connectivity index (χ3v) is 4.66. The molecule has 0 heterocycles. The van der Waals surface area contributed by atoms with Crippen LogP contribution in [0.2, 0.25) is 10.0 Å². The van der Waals surface area contributed by atoms with Crippen LogP contribution < -0.4 is 20.5 Å². The van der Waals surface area contributed by atoms with Crippen molar-refractivity contribution in [3.8, 4) is 11.5 Å². The Hall–Kier alpha value is -2.97. The minimum atomic E-state index is -0.637. The fourth-order valence-electron chi connectivity index (χ4n) is 2.73. The molecular weight excluding hydrogens is 445 g/mol. The number of carbonyl (C=O) groups excluding carboxylic acids is 3. The van der Waals surface area contributed by atoms with E-state index in [0.717, 1.165) is 0 Å². The first-order chi connectivity index (χ1) is 14.7. The molecule has 0 spiro atoms.